The third kappa shape index (κ3) is 6.72. The van der Waals surface area contributed by atoms with E-state index >= 15 is 0 Å². The average Bonchev–Trinajstić information content (AvgIpc) is 3.25. The van der Waals surface area contributed by atoms with Crippen LogP contribution in [0.3, 0.4) is 0 Å². The van der Waals surface area contributed by atoms with Gasteiger partial charge < -0.3 is 5.32 Å². The molecule has 4 nitrogen and oxygen atoms in total. The molecule has 2 aliphatic heterocycles. The largest absolute Gasteiger partial charge is 0.311 e. The van der Waals surface area contributed by atoms with Crippen molar-refractivity contribution in [3.63, 3.8) is 0 Å². The first-order valence-electron chi connectivity index (χ1n) is 9.99. The molecular weight excluding hydrogens is 360 g/mol. The van der Waals surface area contributed by atoms with Crippen molar-refractivity contribution in [2.75, 3.05) is 19.6 Å². The lowest BCUT2D eigenvalue weighted by molar-refractivity contribution is 0.270. The molecule has 0 atom stereocenters. The van der Waals surface area contributed by atoms with Crippen LogP contribution in [0, 0.1) is 13.8 Å². The minimum Gasteiger partial charge on any atom is -0.311 e. The molecule has 0 saturated heterocycles. The van der Waals surface area contributed by atoms with Crippen molar-refractivity contribution in [1.82, 2.24) is 20.2 Å². The second-order valence-corrected chi connectivity index (χ2v) is 8.33. The van der Waals surface area contributed by atoms with Crippen molar-refractivity contribution in [3.8, 4) is 0 Å². The molecule has 0 fully saturated rings. The summed E-state index contributed by atoms with van der Waals surface area (Å²) >= 11 is 3.67. The highest BCUT2D eigenvalue weighted by Gasteiger charge is 2.17. The van der Waals surface area contributed by atoms with Gasteiger partial charge in [0, 0.05) is 48.8 Å². The van der Waals surface area contributed by atoms with Gasteiger partial charge in [-0.25, -0.2) is 9.97 Å². The number of likely N-dealkylation sites (N-methyl/N-ethyl adjacent to an activating group) is 1. The molecule has 26 heavy (non-hydrogen) atoms. The van der Waals surface area contributed by atoms with Gasteiger partial charge in [0.15, 0.2) is 0 Å². The van der Waals surface area contributed by atoms with Gasteiger partial charge in [-0.2, -0.15) is 0 Å². The van der Waals surface area contributed by atoms with Crippen LogP contribution in [0.25, 0.3) is 0 Å². The predicted molar refractivity (Wildman–Crippen MR) is 116 cm³/mol. The summed E-state index contributed by atoms with van der Waals surface area (Å²) in [5.41, 5.74) is 2.67. The molecule has 4 rings (SSSR count). The van der Waals surface area contributed by atoms with E-state index in [1.54, 1.807) is 0 Å². The third-order valence-corrected chi connectivity index (χ3v) is 6.08. The molecule has 2 aromatic rings. The first-order valence-corrected chi connectivity index (χ1v) is 11.6. The molecule has 0 radical (unpaired) electrons. The van der Waals surface area contributed by atoms with Gasteiger partial charge in [-0.15, -0.1) is 22.7 Å². The normalized spacial score (nSPS) is 15.2. The maximum absolute atomic E-state index is 4.51. The van der Waals surface area contributed by atoms with Crippen molar-refractivity contribution in [1.29, 1.82) is 0 Å². The number of thiazole rings is 2. The maximum atomic E-state index is 4.51. The number of fused-ring (bicyclic) bond motifs is 2. The van der Waals surface area contributed by atoms with Gasteiger partial charge >= 0.3 is 0 Å². The highest BCUT2D eigenvalue weighted by molar-refractivity contribution is 7.11. The van der Waals surface area contributed by atoms with Crippen LogP contribution >= 0.6 is 22.7 Å². The van der Waals surface area contributed by atoms with Crippen LogP contribution in [0.5, 0.6) is 0 Å². The Kier molecular flexibility index (Phi) is 11.2. The quantitative estimate of drug-likeness (QED) is 0.738. The van der Waals surface area contributed by atoms with E-state index in [0.717, 1.165) is 39.0 Å². The van der Waals surface area contributed by atoms with Crippen LogP contribution in [0.2, 0.25) is 0 Å². The fourth-order valence-corrected chi connectivity index (χ4v) is 4.88. The van der Waals surface area contributed by atoms with E-state index in [9.17, 15) is 0 Å². The van der Waals surface area contributed by atoms with Crippen LogP contribution in [-0.2, 0) is 25.9 Å². The van der Waals surface area contributed by atoms with Gasteiger partial charge in [-0.3, -0.25) is 4.90 Å². The highest BCUT2D eigenvalue weighted by atomic mass is 32.1. The molecule has 0 saturated carbocycles. The molecule has 4 heterocycles. The van der Waals surface area contributed by atoms with Crippen LogP contribution in [0.1, 0.15) is 65.8 Å². The Balaban J connectivity index is 0.000000221. The highest BCUT2D eigenvalue weighted by Crippen LogP contribution is 2.24. The first-order chi connectivity index (χ1) is 12.7. The van der Waals surface area contributed by atoms with Gasteiger partial charge in [-0.1, -0.05) is 34.6 Å². The Hall–Kier alpha value is -0.820. The van der Waals surface area contributed by atoms with Crippen LogP contribution in [-0.4, -0.2) is 34.5 Å². The standard InChI is InChI=1S/C9H14N2S.C7H10N2S.2C2H6/c1-3-11-5-4-8-9(6-11)12-7(2)10-8;1-5-9-6-2-3-8-4-7(6)10-5;2*1-2/h3-6H2,1-2H3;8H,2-4H2,1H3;2*1-2H3. The molecule has 0 unspecified atom stereocenters. The number of aromatic nitrogens is 2. The number of hydrogen-bond acceptors (Lipinski definition) is 6. The number of rotatable bonds is 1. The van der Waals surface area contributed by atoms with Gasteiger partial charge in [0.25, 0.3) is 0 Å². The SMILES string of the molecule is CC.CC.CCN1CCc2nc(C)sc2C1.Cc1nc2c(s1)CNCC2. The molecule has 0 aliphatic carbocycles. The van der Waals surface area contributed by atoms with Crippen LogP contribution in [0.15, 0.2) is 0 Å². The van der Waals surface area contributed by atoms with Crippen molar-refractivity contribution >= 4 is 22.7 Å². The summed E-state index contributed by atoms with van der Waals surface area (Å²) < 4.78 is 0. The van der Waals surface area contributed by atoms with Crippen molar-refractivity contribution in [2.24, 2.45) is 0 Å². The van der Waals surface area contributed by atoms with Gasteiger partial charge in [0.05, 0.1) is 21.4 Å². The fourth-order valence-electron chi connectivity index (χ4n) is 2.90. The van der Waals surface area contributed by atoms with E-state index < -0.39 is 0 Å². The molecule has 148 valence electrons. The smallest absolute Gasteiger partial charge is 0.0900 e. The van der Waals surface area contributed by atoms with Crippen molar-refractivity contribution in [2.45, 2.75) is 74.4 Å². The zero-order valence-electron chi connectivity index (χ0n) is 17.6. The summed E-state index contributed by atoms with van der Waals surface area (Å²) in [5.74, 6) is 0. The second-order valence-electron chi connectivity index (χ2n) is 5.75. The zero-order chi connectivity index (χ0) is 19.5. The lowest BCUT2D eigenvalue weighted by Gasteiger charge is -2.23. The lowest BCUT2D eigenvalue weighted by atomic mass is 10.2. The first kappa shape index (κ1) is 23.2. The molecular formula is C20H36N4S2. The van der Waals surface area contributed by atoms with E-state index in [4.69, 9.17) is 0 Å². The number of hydrogen-bond donors (Lipinski definition) is 1. The lowest BCUT2D eigenvalue weighted by Crippen LogP contribution is -2.29. The zero-order valence-corrected chi connectivity index (χ0v) is 19.2. The van der Waals surface area contributed by atoms with Crippen LogP contribution in [0.4, 0.5) is 0 Å². The topological polar surface area (TPSA) is 41.1 Å². The van der Waals surface area contributed by atoms with Crippen molar-refractivity contribution in [3.05, 3.63) is 31.2 Å². The summed E-state index contributed by atoms with van der Waals surface area (Å²) in [4.78, 5) is 14.3. The summed E-state index contributed by atoms with van der Waals surface area (Å²) in [6, 6.07) is 0. The summed E-state index contributed by atoms with van der Waals surface area (Å²) in [5, 5.41) is 5.75. The van der Waals surface area contributed by atoms with E-state index in [1.165, 1.54) is 37.7 Å². The minimum absolute atomic E-state index is 1.03. The minimum atomic E-state index is 1.03. The summed E-state index contributed by atoms with van der Waals surface area (Å²) in [6.45, 7) is 20.0. The fraction of sp³-hybridized carbons (Fsp3) is 0.700. The van der Waals surface area contributed by atoms with Gasteiger partial charge in [0.1, 0.15) is 0 Å². The molecule has 0 bridgehead atoms. The Morgan fingerprint density at radius 3 is 2.08 bits per heavy atom. The Labute approximate surface area is 168 Å². The average molecular weight is 397 g/mol. The number of nitrogens with zero attached hydrogens (tertiary/aromatic N) is 3. The molecule has 0 amide bonds. The van der Waals surface area contributed by atoms with E-state index in [0.29, 0.717) is 0 Å². The predicted octanol–water partition coefficient (Wildman–Crippen LogP) is 4.98. The van der Waals surface area contributed by atoms with Gasteiger partial charge in [0.2, 0.25) is 0 Å². The Bertz CT molecular complexity index is 610. The molecule has 2 aromatic heterocycles. The molecule has 0 spiro atoms. The summed E-state index contributed by atoms with van der Waals surface area (Å²) in [7, 11) is 0. The maximum Gasteiger partial charge on any atom is 0.0900 e. The van der Waals surface area contributed by atoms with E-state index in [2.05, 4.69) is 41.0 Å². The Morgan fingerprint density at radius 2 is 1.50 bits per heavy atom. The molecule has 1 N–H and O–H groups in total. The number of nitrogens with one attached hydrogen (secondary N) is 1. The van der Waals surface area contributed by atoms with E-state index in [1.807, 2.05) is 50.4 Å². The Morgan fingerprint density at radius 1 is 0.923 bits per heavy atom. The summed E-state index contributed by atoms with van der Waals surface area (Å²) in [6.07, 6.45) is 2.26. The van der Waals surface area contributed by atoms with Crippen LogP contribution < -0.4 is 5.32 Å². The molecule has 2 aliphatic rings. The monoisotopic (exact) mass is 396 g/mol. The van der Waals surface area contributed by atoms with Crippen molar-refractivity contribution < 1.29 is 0 Å². The molecule has 6 heteroatoms. The molecule has 0 aromatic carbocycles. The second kappa shape index (κ2) is 12.5. The van der Waals surface area contributed by atoms with Gasteiger partial charge in [-0.05, 0) is 20.4 Å². The number of aryl methyl sites for hydroxylation is 2. The third-order valence-electron chi connectivity index (χ3n) is 4.07. The van der Waals surface area contributed by atoms with E-state index in [-0.39, 0.29) is 0 Å².